The monoisotopic (exact) mass is 181 g/mol. The summed E-state index contributed by atoms with van der Waals surface area (Å²) in [6.07, 6.45) is 3.22. The highest BCUT2D eigenvalue weighted by Crippen LogP contribution is 2.24. The lowest BCUT2D eigenvalue weighted by Gasteiger charge is -2.14. The van der Waals surface area contributed by atoms with E-state index < -0.39 is 0 Å². The molecule has 2 unspecified atom stereocenters. The Kier molecular flexibility index (Phi) is 3.71. The van der Waals surface area contributed by atoms with E-state index >= 15 is 0 Å². The lowest BCUT2D eigenvalue weighted by atomic mass is 10.1. The molecule has 1 saturated carbocycles. The number of amides is 1. The Labute approximate surface area is 78.1 Å². The first kappa shape index (κ1) is 10.0. The molecule has 4 heteroatoms. The Balaban J connectivity index is 2.36. The summed E-state index contributed by atoms with van der Waals surface area (Å²) in [7, 11) is 0. The minimum absolute atomic E-state index is 0.00160. The number of hydrogen-bond acceptors (Lipinski definition) is 3. The summed E-state index contributed by atoms with van der Waals surface area (Å²) < 4.78 is 0. The highest BCUT2D eigenvalue weighted by molar-refractivity contribution is 5.76. The third kappa shape index (κ3) is 2.71. The van der Waals surface area contributed by atoms with Crippen LogP contribution < -0.4 is 11.1 Å². The Morgan fingerprint density at radius 3 is 3.00 bits per heavy atom. The van der Waals surface area contributed by atoms with E-state index in [1.165, 1.54) is 0 Å². The van der Waals surface area contributed by atoms with Crippen LogP contribution in [0.4, 0.5) is 0 Å². The number of rotatable bonds is 3. The predicted octanol–water partition coefficient (Wildman–Crippen LogP) is 0.144. The Hall–Kier alpha value is -1.08. The molecule has 72 valence electrons. The van der Waals surface area contributed by atoms with E-state index in [1.54, 1.807) is 0 Å². The van der Waals surface area contributed by atoms with Crippen LogP contribution in [0, 0.1) is 17.2 Å². The lowest BCUT2D eigenvalue weighted by molar-refractivity contribution is -0.121. The third-order valence-corrected chi connectivity index (χ3v) is 2.40. The molecule has 1 aliphatic rings. The van der Waals surface area contributed by atoms with Gasteiger partial charge in [0.05, 0.1) is 12.0 Å². The predicted molar refractivity (Wildman–Crippen MR) is 48.6 cm³/mol. The zero-order valence-electron chi connectivity index (χ0n) is 7.62. The molecule has 1 rings (SSSR count). The maximum absolute atomic E-state index is 11.2. The van der Waals surface area contributed by atoms with Crippen LogP contribution in [-0.4, -0.2) is 18.5 Å². The topological polar surface area (TPSA) is 78.9 Å². The highest BCUT2D eigenvalue weighted by atomic mass is 16.1. The van der Waals surface area contributed by atoms with Gasteiger partial charge in [0.1, 0.15) is 0 Å². The van der Waals surface area contributed by atoms with Gasteiger partial charge in [-0.15, -0.1) is 0 Å². The first-order valence-electron chi connectivity index (χ1n) is 4.67. The van der Waals surface area contributed by atoms with Crippen molar-refractivity contribution in [1.29, 1.82) is 5.26 Å². The van der Waals surface area contributed by atoms with Gasteiger partial charge >= 0.3 is 0 Å². The van der Waals surface area contributed by atoms with Crippen molar-refractivity contribution < 1.29 is 4.79 Å². The van der Waals surface area contributed by atoms with Crippen LogP contribution in [0.3, 0.4) is 0 Å². The molecular weight excluding hydrogens is 166 g/mol. The summed E-state index contributed by atoms with van der Waals surface area (Å²) >= 11 is 0. The number of carbonyl (C=O) groups excluding carboxylic acids is 1. The zero-order chi connectivity index (χ0) is 9.68. The summed E-state index contributed by atoms with van der Waals surface area (Å²) in [5.41, 5.74) is 5.24. The highest BCUT2D eigenvalue weighted by Gasteiger charge is 2.27. The molecular formula is C9H15N3O. The van der Waals surface area contributed by atoms with E-state index in [1.807, 2.05) is 0 Å². The van der Waals surface area contributed by atoms with Gasteiger partial charge in [0.25, 0.3) is 0 Å². The van der Waals surface area contributed by atoms with Crippen molar-refractivity contribution in [2.45, 2.75) is 31.7 Å². The average Bonchev–Trinajstić information content (AvgIpc) is 2.52. The van der Waals surface area contributed by atoms with Gasteiger partial charge in [-0.2, -0.15) is 5.26 Å². The summed E-state index contributed by atoms with van der Waals surface area (Å²) in [5.74, 6) is -0.0311. The van der Waals surface area contributed by atoms with Crippen molar-refractivity contribution in [3.05, 3.63) is 0 Å². The molecule has 0 radical (unpaired) electrons. The van der Waals surface area contributed by atoms with Crippen LogP contribution in [0.25, 0.3) is 0 Å². The molecule has 2 atom stereocenters. The number of nitrogens with zero attached hydrogens (tertiary/aromatic N) is 1. The van der Waals surface area contributed by atoms with Gasteiger partial charge in [-0.1, -0.05) is 0 Å². The molecule has 0 spiro atoms. The summed E-state index contributed by atoms with van der Waals surface area (Å²) in [4.78, 5) is 11.2. The Morgan fingerprint density at radius 2 is 2.38 bits per heavy atom. The van der Waals surface area contributed by atoms with Crippen LogP contribution in [0.1, 0.15) is 25.7 Å². The maximum atomic E-state index is 11.2. The molecule has 3 N–H and O–H groups in total. The molecule has 0 bridgehead atoms. The van der Waals surface area contributed by atoms with E-state index in [0.717, 1.165) is 19.3 Å². The smallest absolute Gasteiger partial charge is 0.221 e. The second-order valence-electron chi connectivity index (χ2n) is 3.38. The quantitative estimate of drug-likeness (QED) is 0.650. The fraction of sp³-hybridized carbons (Fsp3) is 0.778. The maximum Gasteiger partial charge on any atom is 0.221 e. The molecule has 13 heavy (non-hydrogen) atoms. The molecule has 0 aromatic heterocycles. The molecule has 1 fully saturated rings. The fourth-order valence-corrected chi connectivity index (χ4v) is 1.70. The van der Waals surface area contributed by atoms with E-state index in [9.17, 15) is 4.79 Å². The van der Waals surface area contributed by atoms with Crippen LogP contribution in [-0.2, 0) is 4.79 Å². The Bertz CT molecular complexity index is 221. The van der Waals surface area contributed by atoms with Crippen molar-refractivity contribution in [2.24, 2.45) is 11.7 Å². The van der Waals surface area contributed by atoms with Crippen LogP contribution >= 0.6 is 0 Å². The molecule has 1 aliphatic carbocycles. The molecule has 0 saturated heterocycles. The summed E-state index contributed by atoms with van der Waals surface area (Å²) in [6.45, 7) is 0.371. The first-order valence-corrected chi connectivity index (χ1v) is 4.67. The average molecular weight is 181 g/mol. The van der Waals surface area contributed by atoms with Crippen LogP contribution in [0.5, 0.6) is 0 Å². The van der Waals surface area contributed by atoms with Gasteiger partial charge in [-0.3, -0.25) is 4.79 Å². The molecule has 0 aromatic carbocycles. The first-order chi connectivity index (χ1) is 6.27. The standard InChI is InChI=1S/C9H15N3O/c10-5-4-9(13)12-8-3-1-2-7(8)6-11/h7-8H,1-5,10H2,(H,12,13). The van der Waals surface area contributed by atoms with Gasteiger partial charge in [0.2, 0.25) is 5.91 Å². The van der Waals surface area contributed by atoms with Gasteiger partial charge < -0.3 is 11.1 Å². The minimum Gasteiger partial charge on any atom is -0.352 e. The third-order valence-electron chi connectivity index (χ3n) is 2.40. The molecule has 0 heterocycles. The lowest BCUT2D eigenvalue weighted by Crippen LogP contribution is -2.37. The number of hydrogen-bond donors (Lipinski definition) is 2. The van der Waals surface area contributed by atoms with E-state index in [-0.39, 0.29) is 17.9 Å². The van der Waals surface area contributed by atoms with Crippen molar-refractivity contribution in [3.63, 3.8) is 0 Å². The van der Waals surface area contributed by atoms with Crippen molar-refractivity contribution in [3.8, 4) is 6.07 Å². The number of nitriles is 1. The fourth-order valence-electron chi connectivity index (χ4n) is 1.70. The second kappa shape index (κ2) is 4.83. The van der Waals surface area contributed by atoms with Crippen molar-refractivity contribution in [1.82, 2.24) is 5.32 Å². The van der Waals surface area contributed by atoms with Gasteiger partial charge in [0.15, 0.2) is 0 Å². The summed E-state index contributed by atoms with van der Waals surface area (Å²) in [6, 6.07) is 2.27. The number of carbonyl (C=O) groups is 1. The second-order valence-corrected chi connectivity index (χ2v) is 3.38. The summed E-state index contributed by atoms with van der Waals surface area (Å²) in [5, 5.41) is 11.6. The van der Waals surface area contributed by atoms with Gasteiger partial charge in [0, 0.05) is 19.0 Å². The van der Waals surface area contributed by atoms with E-state index in [0.29, 0.717) is 13.0 Å². The molecule has 0 aromatic rings. The van der Waals surface area contributed by atoms with Gasteiger partial charge in [-0.05, 0) is 19.3 Å². The SMILES string of the molecule is N#CC1CCCC1NC(=O)CCN. The van der Waals surface area contributed by atoms with E-state index in [2.05, 4.69) is 11.4 Å². The number of nitrogens with one attached hydrogen (secondary N) is 1. The molecule has 4 nitrogen and oxygen atoms in total. The minimum atomic E-state index is -0.0327. The van der Waals surface area contributed by atoms with Crippen LogP contribution in [0.2, 0.25) is 0 Å². The largest absolute Gasteiger partial charge is 0.352 e. The number of nitrogens with two attached hydrogens (primary N) is 1. The molecule has 0 aliphatic heterocycles. The Morgan fingerprint density at radius 1 is 1.62 bits per heavy atom. The van der Waals surface area contributed by atoms with Gasteiger partial charge in [-0.25, -0.2) is 0 Å². The van der Waals surface area contributed by atoms with E-state index in [4.69, 9.17) is 11.0 Å². The van der Waals surface area contributed by atoms with Crippen LogP contribution in [0.15, 0.2) is 0 Å². The normalized spacial score (nSPS) is 26.8. The zero-order valence-corrected chi connectivity index (χ0v) is 7.62. The molecule has 1 amide bonds. The van der Waals surface area contributed by atoms with Crippen molar-refractivity contribution in [2.75, 3.05) is 6.54 Å². The van der Waals surface area contributed by atoms with Crippen molar-refractivity contribution >= 4 is 5.91 Å².